The largest absolute Gasteiger partial charge is 0.310 e. The first-order chi connectivity index (χ1) is 8.72. The lowest BCUT2D eigenvalue weighted by atomic mass is 9.93. The molecule has 1 atom stereocenters. The topological polar surface area (TPSA) is 12.0 Å². The van der Waals surface area contributed by atoms with E-state index >= 15 is 0 Å². The molecule has 0 radical (unpaired) electrons. The average Bonchev–Trinajstić information content (AvgIpc) is 2.82. The van der Waals surface area contributed by atoms with Crippen molar-refractivity contribution in [3.63, 3.8) is 0 Å². The number of benzene rings is 1. The molecular weight excluding hydrogens is 265 g/mol. The van der Waals surface area contributed by atoms with Gasteiger partial charge in [-0.1, -0.05) is 61.9 Å². The van der Waals surface area contributed by atoms with Crippen molar-refractivity contribution >= 4 is 23.2 Å². The molecule has 100 valence electrons. The highest BCUT2D eigenvalue weighted by Crippen LogP contribution is 2.37. The Balaban J connectivity index is 2.17. The van der Waals surface area contributed by atoms with E-state index < -0.39 is 0 Å². The summed E-state index contributed by atoms with van der Waals surface area (Å²) in [6.45, 7) is 3.07. The Hall–Kier alpha value is -0.240. The van der Waals surface area contributed by atoms with Crippen LogP contribution in [0.4, 0.5) is 0 Å². The molecule has 0 aliphatic heterocycles. The molecule has 1 N–H and O–H groups in total. The summed E-state index contributed by atoms with van der Waals surface area (Å²) < 4.78 is 0. The van der Waals surface area contributed by atoms with Crippen molar-refractivity contribution in [2.24, 2.45) is 5.92 Å². The lowest BCUT2D eigenvalue weighted by Gasteiger charge is -2.23. The number of hydrogen-bond donors (Lipinski definition) is 1. The molecule has 1 saturated carbocycles. The van der Waals surface area contributed by atoms with Gasteiger partial charge in [-0.3, -0.25) is 0 Å². The van der Waals surface area contributed by atoms with Crippen LogP contribution in [0.5, 0.6) is 0 Å². The van der Waals surface area contributed by atoms with E-state index in [0.29, 0.717) is 6.04 Å². The van der Waals surface area contributed by atoms with Gasteiger partial charge in [0.25, 0.3) is 0 Å². The van der Waals surface area contributed by atoms with E-state index in [-0.39, 0.29) is 0 Å². The Morgan fingerprint density at radius 1 is 1.22 bits per heavy atom. The maximum absolute atomic E-state index is 6.32. The van der Waals surface area contributed by atoms with Crippen molar-refractivity contribution < 1.29 is 0 Å². The fourth-order valence-electron chi connectivity index (χ4n) is 2.97. The average molecular weight is 286 g/mol. The predicted molar refractivity (Wildman–Crippen MR) is 79.5 cm³/mol. The van der Waals surface area contributed by atoms with Gasteiger partial charge >= 0.3 is 0 Å². The molecule has 0 heterocycles. The summed E-state index contributed by atoms with van der Waals surface area (Å²) in [6.07, 6.45) is 6.60. The number of rotatable bonds is 5. The monoisotopic (exact) mass is 285 g/mol. The second kappa shape index (κ2) is 6.79. The van der Waals surface area contributed by atoms with Crippen molar-refractivity contribution in [1.82, 2.24) is 5.32 Å². The number of nitrogens with one attached hydrogen (secondary N) is 1. The van der Waals surface area contributed by atoms with Crippen molar-refractivity contribution in [3.05, 3.63) is 33.8 Å². The smallest absolute Gasteiger partial charge is 0.0468 e. The maximum atomic E-state index is 6.32. The summed E-state index contributed by atoms with van der Waals surface area (Å²) in [4.78, 5) is 0. The molecule has 1 fully saturated rings. The van der Waals surface area contributed by atoms with Crippen LogP contribution in [-0.4, -0.2) is 6.54 Å². The van der Waals surface area contributed by atoms with Crippen LogP contribution in [0.1, 0.15) is 50.6 Å². The third-order valence-electron chi connectivity index (χ3n) is 3.84. The zero-order valence-corrected chi connectivity index (χ0v) is 12.4. The molecule has 1 nitrogen and oxygen atoms in total. The zero-order valence-electron chi connectivity index (χ0n) is 10.9. The molecule has 0 aromatic heterocycles. The van der Waals surface area contributed by atoms with Crippen molar-refractivity contribution in [1.29, 1.82) is 0 Å². The Labute approximate surface area is 120 Å². The number of halogens is 2. The molecule has 0 amide bonds. The molecule has 0 bridgehead atoms. The molecule has 3 heteroatoms. The first-order valence-corrected chi connectivity index (χ1v) is 7.65. The predicted octanol–water partition coefficient (Wildman–Crippen LogP) is 5.22. The standard InChI is InChI=1S/C15H21Cl2N/c1-2-18-14(10-11-6-3-4-7-11)15-12(16)8-5-9-13(15)17/h5,8-9,11,14,18H,2-4,6-7,10H2,1H3. The summed E-state index contributed by atoms with van der Waals surface area (Å²) in [7, 11) is 0. The van der Waals surface area contributed by atoms with Gasteiger partial charge in [-0.2, -0.15) is 0 Å². The van der Waals surface area contributed by atoms with Crippen molar-refractivity contribution in [2.45, 2.75) is 45.1 Å². The van der Waals surface area contributed by atoms with Crippen LogP contribution in [0.2, 0.25) is 10.0 Å². The second-order valence-corrected chi connectivity index (χ2v) is 5.95. The van der Waals surface area contributed by atoms with Crippen molar-refractivity contribution in [3.8, 4) is 0 Å². The van der Waals surface area contributed by atoms with E-state index in [0.717, 1.165) is 34.5 Å². The summed E-state index contributed by atoms with van der Waals surface area (Å²) >= 11 is 12.6. The minimum absolute atomic E-state index is 0.291. The molecule has 1 unspecified atom stereocenters. The Bertz CT molecular complexity index is 366. The van der Waals surface area contributed by atoms with Gasteiger partial charge in [0, 0.05) is 21.7 Å². The molecule has 0 spiro atoms. The van der Waals surface area contributed by atoms with Crippen LogP contribution < -0.4 is 5.32 Å². The minimum atomic E-state index is 0.291. The molecule has 1 aromatic rings. The molecule has 18 heavy (non-hydrogen) atoms. The van der Waals surface area contributed by atoms with Crippen LogP contribution in [0.25, 0.3) is 0 Å². The molecule has 1 aliphatic rings. The quantitative estimate of drug-likeness (QED) is 0.782. The minimum Gasteiger partial charge on any atom is -0.310 e. The fraction of sp³-hybridized carbons (Fsp3) is 0.600. The highest BCUT2D eigenvalue weighted by atomic mass is 35.5. The van der Waals surface area contributed by atoms with Crippen LogP contribution >= 0.6 is 23.2 Å². The lowest BCUT2D eigenvalue weighted by molar-refractivity contribution is 0.401. The van der Waals surface area contributed by atoms with Gasteiger partial charge in [0.1, 0.15) is 0 Å². The van der Waals surface area contributed by atoms with Crippen LogP contribution in [0.15, 0.2) is 18.2 Å². The van der Waals surface area contributed by atoms with Gasteiger partial charge in [0.2, 0.25) is 0 Å². The molecule has 2 rings (SSSR count). The SMILES string of the molecule is CCNC(CC1CCCC1)c1c(Cl)cccc1Cl. The third-order valence-corrected chi connectivity index (χ3v) is 4.50. The van der Waals surface area contributed by atoms with Crippen LogP contribution in [0, 0.1) is 5.92 Å². The first-order valence-electron chi connectivity index (χ1n) is 6.89. The summed E-state index contributed by atoms with van der Waals surface area (Å²) in [5, 5.41) is 5.11. The normalized spacial score (nSPS) is 18.2. The molecular formula is C15H21Cl2N. The van der Waals surface area contributed by atoms with E-state index in [4.69, 9.17) is 23.2 Å². The Morgan fingerprint density at radius 3 is 2.39 bits per heavy atom. The molecule has 1 aliphatic carbocycles. The van der Waals surface area contributed by atoms with E-state index in [2.05, 4.69) is 12.2 Å². The maximum Gasteiger partial charge on any atom is 0.0468 e. The van der Waals surface area contributed by atoms with Crippen LogP contribution in [-0.2, 0) is 0 Å². The Kier molecular flexibility index (Phi) is 5.35. The number of hydrogen-bond acceptors (Lipinski definition) is 1. The van der Waals surface area contributed by atoms with Gasteiger partial charge in [0.15, 0.2) is 0 Å². The summed E-state index contributed by atoms with van der Waals surface area (Å²) in [6, 6.07) is 6.07. The van der Waals surface area contributed by atoms with Crippen LogP contribution in [0.3, 0.4) is 0 Å². The highest BCUT2D eigenvalue weighted by molar-refractivity contribution is 6.36. The van der Waals surface area contributed by atoms with Gasteiger partial charge in [0.05, 0.1) is 0 Å². The highest BCUT2D eigenvalue weighted by Gasteiger charge is 2.23. The summed E-state index contributed by atoms with van der Waals surface area (Å²) in [5.74, 6) is 0.821. The molecule has 0 saturated heterocycles. The molecule has 1 aromatic carbocycles. The van der Waals surface area contributed by atoms with E-state index in [1.165, 1.54) is 25.7 Å². The van der Waals surface area contributed by atoms with Gasteiger partial charge in [-0.25, -0.2) is 0 Å². The summed E-state index contributed by atoms with van der Waals surface area (Å²) in [5.41, 5.74) is 1.08. The Morgan fingerprint density at radius 2 is 1.83 bits per heavy atom. The van der Waals surface area contributed by atoms with E-state index in [9.17, 15) is 0 Å². The fourth-order valence-corrected chi connectivity index (χ4v) is 3.63. The van der Waals surface area contributed by atoms with E-state index in [1.807, 2.05) is 18.2 Å². The zero-order chi connectivity index (χ0) is 13.0. The van der Waals surface area contributed by atoms with Crippen molar-refractivity contribution in [2.75, 3.05) is 6.54 Å². The van der Waals surface area contributed by atoms with Gasteiger partial charge in [-0.15, -0.1) is 0 Å². The van der Waals surface area contributed by atoms with Gasteiger partial charge < -0.3 is 5.32 Å². The van der Waals surface area contributed by atoms with Gasteiger partial charge in [-0.05, 0) is 31.0 Å². The lowest BCUT2D eigenvalue weighted by Crippen LogP contribution is -2.23. The van der Waals surface area contributed by atoms with E-state index in [1.54, 1.807) is 0 Å². The second-order valence-electron chi connectivity index (χ2n) is 5.13. The first kappa shape index (κ1) is 14.2. The third kappa shape index (κ3) is 3.40.